The summed E-state index contributed by atoms with van der Waals surface area (Å²) in [5.74, 6) is 0.699. The monoisotopic (exact) mass is 283 g/mol. The molecule has 0 fully saturated rings. The molecule has 2 unspecified atom stereocenters. The molecule has 1 N–H and O–H groups in total. The average Bonchev–Trinajstić information content (AvgIpc) is 2.45. The van der Waals surface area contributed by atoms with Gasteiger partial charge in [-0.05, 0) is 47.6 Å². The summed E-state index contributed by atoms with van der Waals surface area (Å²) >= 11 is 0. The number of hydrogen-bond acceptors (Lipinski definition) is 1. The lowest BCUT2D eigenvalue weighted by atomic mass is 9.77. The van der Waals surface area contributed by atoms with Crippen molar-refractivity contribution in [1.82, 2.24) is 5.32 Å². The Bertz CT molecular complexity index is 574. The van der Waals surface area contributed by atoms with Crippen LogP contribution in [0.15, 0.2) is 42.5 Å². The van der Waals surface area contributed by atoms with Crippen LogP contribution < -0.4 is 5.32 Å². The maximum Gasteiger partial charge on any atom is 0.0107 e. The van der Waals surface area contributed by atoms with Gasteiger partial charge in [-0.15, -0.1) is 0 Å². The van der Waals surface area contributed by atoms with Gasteiger partial charge in [-0.25, -0.2) is 0 Å². The van der Waals surface area contributed by atoms with E-state index in [1.165, 1.54) is 22.8 Å². The fourth-order valence-electron chi connectivity index (χ4n) is 2.82. The molecule has 0 heterocycles. The van der Waals surface area contributed by atoms with Crippen molar-refractivity contribution >= 4 is 10.8 Å². The van der Waals surface area contributed by atoms with Crippen LogP contribution in [0.5, 0.6) is 0 Å². The molecule has 2 aromatic rings. The largest absolute Gasteiger partial charge is 0.317 e. The summed E-state index contributed by atoms with van der Waals surface area (Å²) in [6.45, 7) is 9.38. The third kappa shape index (κ3) is 4.07. The first-order valence-corrected chi connectivity index (χ1v) is 8.05. The SMILES string of the molecule is CNC(Cc1cccc2ccccc12)CC(C)C(C)(C)C. The molecule has 2 rings (SSSR count). The fraction of sp³-hybridized carbons (Fsp3) is 0.500. The van der Waals surface area contributed by atoms with Gasteiger partial charge in [0.05, 0.1) is 0 Å². The van der Waals surface area contributed by atoms with Gasteiger partial charge in [-0.3, -0.25) is 0 Å². The van der Waals surface area contributed by atoms with E-state index >= 15 is 0 Å². The molecule has 1 heteroatoms. The highest BCUT2D eigenvalue weighted by Gasteiger charge is 2.23. The van der Waals surface area contributed by atoms with E-state index in [0.717, 1.165) is 6.42 Å². The minimum Gasteiger partial charge on any atom is -0.317 e. The average molecular weight is 283 g/mol. The van der Waals surface area contributed by atoms with E-state index in [4.69, 9.17) is 0 Å². The van der Waals surface area contributed by atoms with Crippen molar-refractivity contribution in [1.29, 1.82) is 0 Å². The van der Waals surface area contributed by atoms with Gasteiger partial charge in [0.1, 0.15) is 0 Å². The molecule has 0 saturated heterocycles. The van der Waals surface area contributed by atoms with Gasteiger partial charge in [0.15, 0.2) is 0 Å². The summed E-state index contributed by atoms with van der Waals surface area (Å²) in [6, 6.07) is 15.9. The number of likely N-dealkylation sites (N-methyl/N-ethyl adjacent to an activating group) is 1. The maximum absolute atomic E-state index is 3.52. The Labute approximate surface area is 129 Å². The first-order valence-electron chi connectivity index (χ1n) is 8.05. The van der Waals surface area contributed by atoms with E-state index in [1.807, 2.05) is 0 Å². The van der Waals surface area contributed by atoms with Gasteiger partial charge in [0.2, 0.25) is 0 Å². The van der Waals surface area contributed by atoms with Gasteiger partial charge in [0.25, 0.3) is 0 Å². The number of rotatable bonds is 5. The molecule has 0 aliphatic rings. The zero-order chi connectivity index (χ0) is 15.5. The molecule has 2 aromatic carbocycles. The Morgan fingerprint density at radius 2 is 1.67 bits per heavy atom. The predicted molar refractivity (Wildman–Crippen MR) is 93.7 cm³/mol. The van der Waals surface area contributed by atoms with Crippen molar-refractivity contribution in [2.24, 2.45) is 11.3 Å². The third-order valence-corrected chi connectivity index (χ3v) is 4.87. The lowest BCUT2D eigenvalue weighted by molar-refractivity contribution is 0.225. The topological polar surface area (TPSA) is 12.0 Å². The van der Waals surface area contributed by atoms with Crippen LogP contribution in [0.1, 0.15) is 39.7 Å². The highest BCUT2D eigenvalue weighted by atomic mass is 14.9. The first-order chi connectivity index (χ1) is 9.91. The normalized spacial score (nSPS) is 15.1. The standard InChI is InChI=1S/C20H29N/c1-15(20(2,3)4)13-18(21-5)14-17-11-8-10-16-9-6-7-12-19(16)17/h6-12,15,18,21H,13-14H2,1-5H3. The van der Waals surface area contributed by atoms with E-state index in [2.05, 4.69) is 82.5 Å². The molecule has 0 aliphatic carbocycles. The third-order valence-electron chi connectivity index (χ3n) is 4.87. The Hall–Kier alpha value is -1.34. The zero-order valence-corrected chi connectivity index (χ0v) is 14.1. The van der Waals surface area contributed by atoms with Crippen LogP contribution in [0.2, 0.25) is 0 Å². The molecule has 0 saturated carbocycles. The van der Waals surface area contributed by atoms with E-state index in [1.54, 1.807) is 0 Å². The van der Waals surface area contributed by atoms with Crippen molar-refractivity contribution in [2.75, 3.05) is 7.05 Å². The van der Waals surface area contributed by atoms with Crippen LogP contribution >= 0.6 is 0 Å². The fourth-order valence-corrected chi connectivity index (χ4v) is 2.82. The van der Waals surface area contributed by atoms with Crippen LogP contribution in [-0.4, -0.2) is 13.1 Å². The van der Waals surface area contributed by atoms with Crippen LogP contribution in [0.25, 0.3) is 10.8 Å². The summed E-state index contributed by atoms with van der Waals surface area (Å²) in [7, 11) is 2.09. The van der Waals surface area contributed by atoms with Crippen molar-refractivity contribution in [3.8, 4) is 0 Å². The molecule has 0 radical (unpaired) electrons. The number of nitrogens with one attached hydrogen (secondary N) is 1. The Kier molecular flexibility index (Phi) is 5.05. The van der Waals surface area contributed by atoms with Crippen LogP contribution in [-0.2, 0) is 6.42 Å². The minimum absolute atomic E-state index is 0.369. The van der Waals surface area contributed by atoms with Crippen molar-refractivity contribution in [3.63, 3.8) is 0 Å². The van der Waals surface area contributed by atoms with Crippen molar-refractivity contribution in [3.05, 3.63) is 48.0 Å². The van der Waals surface area contributed by atoms with Crippen molar-refractivity contribution < 1.29 is 0 Å². The Balaban J connectivity index is 2.17. The second-order valence-electron chi connectivity index (χ2n) is 7.33. The van der Waals surface area contributed by atoms with Gasteiger partial charge in [-0.2, -0.15) is 0 Å². The lowest BCUT2D eigenvalue weighted by Gasteiger charge is -2.31. The second-order valence-corrected chi connectivity index (χ2v) is 7.33. The zero-order valence-electron chi connectivity index (χ0n) is 14.1. The highest BCUT2D eigenvalue weighted by Crippen LogP contribution is 2.30. The van der Waals surface area contributed by atoms with Gasteiger partial charge < -0.3 is 5.32 Å². The van der Waals surface area contributed by atoms with Crippen molar-refractivity contribution in [2.45, 2.75) is 46.6 Å². The molecule has 0 amide bonds. The van der Waals surface area contributed by atoms with E-state index in [9.17, 15) is 0 Å². The maximum atomic E-state index is 3.52. The molecule has 114 valence electrons. The molecule has 21 heavy (non-hydrogen) atoms. The van der Waals surface area contributed by atoms with Crippen LogP contribution in [0.3, 0.4) is 0 Å². The molecular formula is C20H29N. The van der Waals surface area contributed by atoms with Gasteiger partial charge in [-0.1, -0.05) is 70.2 Å². The molecule has 0 bridgehead atoms. The molecule has 0 aromatic heterocycles. The van der Waals surface area contributed by atoms with Gasteiger partial charge >= 0.3 is 0 Å². The smallest absolute Gasteiger partial charge is 0.0107 e. The van der Waals surface area contributed by atoms with Gasteiger partial charge in [0, 0.05) is 6.04 Å². The molecule has 1 nitrogen and oxygen atoms in total. The minimum atomic E-state index is 0.369. The summed E-state index contributed by atoms with van der Waals surface area (Å²) < 4.78 is 0. The molecule has 2 atom stereocenters. The summed E-state index contributed by atoms with van der Waals surface area (Å²) in [6.07, 6.45) is 2.31. The highest BCUT2D eigenvalue weighted by molar-refractivity contribution is 5.85. The Morgan fingerprint density at radius 3 is 2.33 bits per heavy atom. The quantitative estimate of drug-likeness (QED) is 0.810. The summed E-state index contributed by atoms with van der Waals surface area (Å²) in [4.78, 5) is 0. The molecule has 0 aliphatic heterocycles. The number of benzene rings is 2. The van der Waals surface area contributed by atoms with E-state index in [0.29, 0.717) is 17.4 Å². The molecular weight excluding hydrogens is 254 g/mol. The summed E-state index contributed by atoms with van der Waals surface area (Å²) in [5.41, 5.74) is 1.82. The predicted octanol–water partition coefficient (Wildman–Crippen LogP) is 5.04. The number of fused-ring (bicyclic) bond motifs is 1. The molecule has 0 spiro atoms. The van der Waals surface area contributed by atoms with E-state index < -0.39 is 0 Å². The number of hydrogen-bond donors (Lipinski definition) is 1. The van der Waals surface area contributed by atoms with Crippen LogP contribution in [0, 0.1) is 11.3 Å². The summed E-state index contributed by atoms with van der Waals surface area (Å²) in [5, 5.41) is 6.25. The Morgan fingerprint density at radius 1 is 1.00 bits per heavy atom. The van der Waals surface area contributed by atoms with E-state index in [-0.39, 0.29) is 0 Å². The second kappa shape index (κ2) is 6.62. The first kappa shape index (κ1) is 16.0. The van der Waals surface area contributed by atoms with Crippen LogP contribution in [0.4, 0.5) is 0 Å². The lowest BCUT2D eigenvalue weighted by Crippen LogP contribution is -2.33.